The highest BCUT2D eigenvalue weighted by Crippen LogP contribution is 2.31. The molecule has 0 radical (unpaired) electrons. The average Bonchev–Trinajstić information content (AvgIpc) is 3.21. The van der Waals surface area contributed by atoms with Gasteiger partial charge in [-0.15, -0.1) is 0 Å². The van der Waals surface area contributed by atoms with Crippen molar-refractivity contribution in [2.75, 3.05) is 18.5 Å². The molecular weight excluding hydrogens is 444 g/mol. The van der Waals surface area contributed by atoms with Gasteiger partial charge in [0.1, 0.15) is 17.3 Å². The van der Waals surface area contributed by atoms with Gasteiger partial charge in [0.25, 0.3) is 5.91 Å². The minimum absolute atomic E-state index is 0.0761. The first-order valence-corrected chi connectivity index (χ1v) is 11.4. The fourth-order valence-corrected chi connectivity index (χ4v) is 3.54. The molecule has 0 aliphatic heterocycles. The second-order valence-corrected chi connectivity index (χ2v) is 9.15. The molecule has 2 aromatic carbocycles. The van der Waals surface area contributed by atoms with Crippen molar-refractivity contribution in [1.29, 1.82) is 0 Å². The van der Waals surface area contributed by atoms with Gasteiger partial charge in [0, 0.05) is 29.7 Å². The van der Waals surface area contributed by atoms with E-state index in [0.717, 1.165) is 27.9 Å². The fourth-order valence-electron chi connectivity index (χ4n) is 3.54. The molecule has 2 N–H and O–H groups in total. The highest BCUT2D eigenvalue weighted by molar-refractivity contribution is 5.93. The van der Waals surface area contributed by atoms with E-state index in [2.05, 4.69) is 15.7 Å². The number of carbonyl (C=O) groups is 1. The Labute approximate surface area is 204 Å². The van der Waals surface area contributed by atoms with Crippen molar-refractivity contribution in [1.82, 2.24) is 25.1 Å². The lowest BCUT2D eigenvalue weighted by molar-refractivity contribution is -0.124. The van der Waals surface area contributed by atoms with E-state index in [9.17, 15) is 4.79 Å². The summed E-state index contributed by atoms with van der Waals surface area (Å²) >= 11 is 0. The molecule has 0 spiro atoms. The molecular formula is C26H30N6O3. The summed E-state index contributed by atoms with van der Waals surface area (Å²) in [5, 5.41) is 11.3. The van der Waals surface area contributed by atoms with Crippen LogP contribution >= 0.6 is 0 Å². The summed E-state index contributed by atoms with van der Waals surface area (Å²) in [6.45, 7) is 8.22. The number of ether oxygens (including phenoxy) is 2. The van der Waals surface area contributed by atoms with Crippen LogP contribution in [-0.2, 0) is 11.8 Å². The third kappa shape index (κ3) is 6.26. The van der Waals surface area contributed by atoms with E-state index in [-0.39, 0.29) is 18.1 Å². The van der Waals surface area contributed by atoms with Gasteiger partial charge in [-0.1, -0.05) is 12.1 Å². The number of aryl methyl sites for hydroxylation is 1. The van der Waals surface area contributed by atoms with Crippen molar-refractivity contribution < 1.29 is 14.3 Å². The molecule has 0 saturated carbocycles. The zero-order chi connectivity index (χ0) is 25.0. The van der Waals surface area contributed by atoms with Crippen LogP contribution in [0.15, 0.2) is 54.9 Å². The smallest absolute Gasteiger partial charge is 0.258 e. The van der Waals surface area contributed by atoms with Crippen molar-refractivity contribution in [2.45, 2.75) is 33.2 Å². The van der Waals surface area contributed by atoms with E-state index in [1.807, 2.05) is 77.3 Å². The highest BCUT2D eigenvalue weighted by atomic mass is 16.5. The summed E-state index contributed by atoms with van der Waals surface area (Å²) in [7, 11) is 1.86. The molecule has 35 heavy (non-hydrogen) atoms. The van der Waals surface area contributed by atoms with Gasteiger partial charge in [-0.25, -0.2) is 9.97 Å². The van der Waals surface area contributed by atoms with Crippen LogP contribution in [0, 0.1) is 0 Å². The second kappa shape index (κ2) is 10.0. The molecule has 9 nitrogen and oxygen atoms in total. The average molecular weight is 475 g/mol. The van der Waals surface area contributed by atoms with Gasteiger partial charge in [0.15, 0.2) is 12.4 Å². The maximum Gasteiger partial charge on any atom is 0.258 e. The van der Waals surface area contributed by atoms with Crippen LogP contribution in [0.1, 0.15) is 27.7 Å². The van der Waals surface area contributed by atoms with E-state index in [4.69, 9.17) is 19.4 Å². The van der Waals surface area contributed by atoms with Gasteiger partial charge in [-0.2, -0.15) is 5.10 Å². The molecule has 2 aromatic heterocycles. The Balaban J connectivity index is 1.66. The number of hydrogen-bond acceptors (Lipinski definition) is 7. The molecule has 0 fully saturated rings. The predicted molar refractivity (Wildman–Crippen MR) is 136 cm³/mol. The van der Waals surface area contributed by atoms with Crippen LogP contribution < -0.4 is 20.1 Å². The minimum atomic E-state index is -0.319. The van der Waals surface area contributed by atoms with Crippen LogP contribution in [0.2, 0.25) is 0 Å². The van der Waals surface area contributed by atoms with Crippen molar-refractivity contribution in [3.63, 3.8) is 0 Å². The molecule has 4 aromatic rings. The molecule has 2 heterocycles. The van der Waals surface area contributed by atoms with Crippen LogP contribution in [0.5, 0.6) is 11.5 Å². The third-order valence-electron chi connectivity index (χ3n) is 4.92. The number of benzene rings is 2. The topological polar surface area (TPSA) is 103 Å². The van der Waals surface area contributed by atoms with E-state index >= 15 is 0 Å². The molecule has 0 aliphatic carbocycles. The van der Waals surface area contributed by atoms with Gasteiger partial charge in [-0.3, -0.25) is 9.48 Å². The maximum atomic E-state index is 12.1. The van der Waals surface area contributed by atoms with Gasteiger partial charge in [0.2, 0.25) is 0 Å². The first-order valence-electron chi connectivity index (χ1n) is 11.4. The van der Waals surface area contributed by atoms with E-state index in [1.165, 1.54) is 0 Å². The Morgan fingerprint density at radius 1 is 1.06 bits per heavy atom. The maximum absolute atomic E-state index is 12.1. The second-order valence-electron chi connectivity index (χ2n) is 9.15. The predicted octanol–water partition coefficient (Wildman–Crippen LogP) is 4.47. The van der Waals surface area contributed by atoms with Crippen LogP contribution in [-0.4, -0.2) is 44.4 Å². The molecule has 0 atom stereocenters. The Morgan fingerprint density at radius 3 is 2.57 bits per heavy atom. The minimum Gasteiger partial charge on any atom is -0.494 e. The number of hydrogen-bond donors (Lipinski definition) is 2. The molecule has 0 saturated heterocycles. The number of anilines is 2. The first-order chi connectivity index (χ1) is 16.7. The first kappa shape index (κ1) is 24.0. The number of rotatable bonds is 8. The normalized spacial score (nSPS) is 11.3. The number of fused-ring (bicyclic) bond motifs is 1. The van der Waals surface area contributed by atoms with Gasteiger partial charge < -0.3 is 20.1 Å². The van der Waals surface area contributed by atoms with E-state index < -0.39 is 0 Å². The summed E-state index contributed by atoms with van der Waals surface area (Å²) in [5.41, 5.74) is 2.02. The van der Waals surface area contributed by atoms with Crippen LogP contribution in [0.4, 0.5) is 11.5 Å². The third-order valence-corrected chi connectivity index (χ3v) is 4.92. The molecule has 9 heteroatoms. The molecule has 0 unspecified atom stereocenters. The number of amides is 1. The zero-order valence-corrected chi connectivity index (χ0v) is 20.6. The summed E-state index contributed by atoms with van der Waals surface area (Å²) in [6, 6.07) is 13.1. The van der Waals surface area contributed by atoms with Gasteiger partial charge >= 0.3 is 0 Å². The Hall–Kier alpha value is -4.14. The SMILES string of the molecule is CCOc1ccc2nc(-c3cccc(OCC(=O)NC(C)(C)C)c3)nc(Nc3cnn(C)c3)c2c1. The Kier molecular flexibility index (Phi) is 6.86. The molecule has 1 amide bonds. The summed E-state index contributed by atoms with van der Waals surface area (Å²) in [6.07, 6.45) is 3.61. The summed E-state index contributed by atoms with van der Waals surface area (Å²) < 4.78 is 13.1. The molecule has 0 aliphatic rings. The quantitative estimate of drug-likeness (QED) is 0.388. The number of aromatic nitrogens is 4. The molecule has 0 bridgehead atoms. The number of nitrogens with zero attached hydrogens (tertiary/aromatic N) is 4. The van der Waals surface area contributed by atoms with Crippen LogP contribution in [0.3, 0.4) is 0 Å². The lowest BCUT2D eigenvalue weighted by atomic mass is 10.1. The van der Waals surface area contributed by atoms with Crippen molar-refractivity contribution in [2.24, 2.45) is 7.05 Å². The van der Waals surface area contributed by atoms with Crippen molar-refractivity contribution >= 4 is 28.3 Å². The van der Waals surface area contributed by atoms with Gasteiger partial charge in [0.05, 0.1) is 24.0 Å². The van der Waals surface area contributed by atoms with Crippen molar-refractivity contribution in [3.05, 3.63) is 54.9 Å². The zero-order valence-electron chi connectivity index (χ0n) is 20.6. The largest absolute Gasteiger partial charge is 0.494 e. The lowest BCUT2D eigenvalue weighted by Gasteiger charge is -2.20. The molecule has 4 rings (SSSR count). The molecule has 182 valence electrons. The number of nitrogens with one attached hydrogen (secondary N) is 2. The monoisotopic (exact) mass is 474 g/mol. The standard InChI is InChI=1S/C26H30N6O3/c1-6-34-20-10-11-22-21(13-20)25(28-18-14-27-32(5)15-18)30-24(29-22)17-8-7-9-19(12-17)35-16-23(33)31-26(2,3)4/h7-15H,6,16H2,1-5H3,(H,31,33)(H,28,29,30). The number of carbonyl (C=O) groups excluding carboxylic acids is 1. The van der Waals surface area contributed by atoms with E-state index in [1.54, 1.807) is 16.9 Å². The van der Waals surface area contributed by atoms with Gasteiger partial charge in [-0.05, 0) is 58.0 Å². The Bertz CT molecular complexity index is 1340. The van der Waals surface area contributed by atoms with E-state index in [0.29, 0.717) is 24.0 Å². The Morgan fingerprint density at radius 2 is 1.86 bits per heavy atom. The summed E-state index contributed by atoms with van der Waals surface area (Å²) in [4.78, 5) is 21.7. The summed E-state index contributed by atoms with van der Waals surface area (Å²) in [5.74, 6) is 2.28. The fraction of sp³-hybridized carbons (Fsp3) is 0.308. The van der Waals surface area contributed by atoms with Crippen LogP contribution in [0.25, 0.3) is 22.3 Å². The lowest BCUT2D eigenvalue weighted by Crippen LogP contribution is -2.43. The highest BCUT2D eigenvalue weighted by Gasteiger charge is 2.15. The van der Waals surface area contributed by atoms with Crippen molar-refractivity contribution in [3.8, 4) is 22.9 Å².